The Hall–Kier alpha value is -1.67. The Kier molecular flexibility index (Phi) is 6.96. The predicted molar refractivity (Wildman–Crippen MR) is 82.1 cm³/mol. The molecule has 5 heteroatoms. The molecule has 0 spiro atoms. The fraction of sp³-hybridized carbons (Fsp3) is 0.467. The average Bonchev–Trinajstić information content (AvgIpc) is 2.43. The molecule has 0 aliphatic heterocycles. The van der Waals surface area contributed by atoms with Crippen molar-refractivity contribution in [3.63, 3.8) is 0 Å². The topological polar surface area (TPSA) is 73.1 Å². The first-order valence-electron chi connectivity index (χ1n) is 6.72. The number of hydrogen-bond acceptors (Lipinski definition) is 4. The minimum atomic E-state index is -0.760. The number of carbonyl (C=O) groups is 1. The van der Waals surface area contributed by atoms with E-state index in [1.54, 1.807) is 18.7 Å². The first kappa shape index (κ1) is 16.4. The van der Waals surface area contributed by atoms with Gasteiger partial charge in [-0.2, -0.15) is 5.26 Å². The third-order valence-electron chi connectivity index (χ3n) is 2.99. The second-order valence-electron chi connectivity index (χ2n) is 4.53. The lowest BCUT2D eigenvalue weighted by atomic mass is 10.1. The lowest BCUT2D eigenvalue weighted by molar-refractivity contribution is -0.141. The number of benzene rings is 1. The molecule has 1 aromatic carbocycles. The molecule has 0 aliphatic carbocycles. The molecule has 1 rings (SSSR count). The van der Waals surface area contributed by atoms with Crippen molar-refractivity contribution in [3.05, 3.63) is 23.8 Å². The fourth-order valence-corrected chi connectivity index (χ4v) is 2.61. The van der Waals surface area contributed by atoms with Crippen LogP contribution in [-0.4, -0.2) is 23.4 Å². The van der Waals surface area contributed by atoms with Gasteiger partial charge in [0.1, 0.15) is 6.07 Å². The van der Waals surface area contributed by atoms with E-state index in [4.69, 9.17) is 5.11 Å². The summed E-state index contributed by atoms with van der Waals surface area (Å²) in [6.45, 7) is 4.44. The number of nitriles is 1. The average molecular weight is 292 g/mol. The molecule has 0 radical (unpaired) electrons. The summed E-state index contributed by atoms with van der Waals surface area (Å²) in [6, 6.07) is 8.01. The van der Waals surface area contributed by atoms with Gasteiger partial charge in [0.2, 0.25) is 0 Å². The Morgan fingerprint density at radius 2 is 2.30 bits per heavy atom. The molecule has 1 aromatic rings. The summed E-state index contributed by atoms with van der Waals surface area (Å²) in [4.78, 5) is 11.7. The minimum Gasteiger partial charge on any atom is -0.481 e. The number of carboxylic acid groups (broad SMARTS) is 1. The van der Waals surface area contributed by atoms with Crippen molar-refractivity contribution < 1.29 is 9.90 Å². The highest BCUT2D eigenvalue weighted by molar-refractivity contribution is 7.99. The van der Waals surface area contributed by atoms with E-state index in [0.29, 0.717) is 18.5 Å². The van der Waals surface area contributed by atoms with Crippen LogP contribution in [0.2, 0.25) is 0 Å². The van der Waals surface area contributed by atoms with Crippen molar-refractivity contribution in [3.8, 4) is 6.07 Å². The van der Waals surface area contributed by atoms with Gasteiger partial charge >= 0.3 is 5.97 Å². The number of aliphatic carboxylic acids is 1. The van der Waals surface area contributed by atoms with Gasteiger partial charge in [-0.3, -0.25) is 4.79 Å². The van der Waals surface area contributed by atoms with Gasteiger partial charge in [-0.1, -0.05) is 19.9 Å². The maximum Gasteiger partial charge on any atom is 0.306 e. The van der Waals surface area contributed by atoms with Crippen molar-refractivity contribution in [2.24, 2.45) is 5.92 Å². The van der Waals surface area contributed by atoms with Crippen LogP contribution in [0.3, 0.4) is 0 Å². The summed E-state index contributed by atoms with van der Waals surface area (Å²) in [7, 11) is 0. The maximum absolute atomic E-state index is 10.7. The van der Waals surface area contributed by atoms with Crippen LogP contribution in [0.25, 0.3) is 0 Å². The summed E-state index contributed by atoms with van der Waals surface area (Å²) < 4.78 is 0. The molecule has 1 atom stereocenters. The van der Waals surface area contributed by atoms with Crippen molar-refractivity contribution in [2.75, 3.05) is 17.6 Å². The first-order chi connectivity index (χ1) is 9.60. The van der Waals surface area contributed by atoms with Crippen molar-refractivity contribution >= 4 is 23.4 Å². The van der Waals surface area contributed by atoms with E-state index in [1.165, 1.54) is 0 Å². The fourth-order valence-electron chi connectivity index (χ4n) is 1.82. The second kappa shape index (κ2) is 8.49. The lowest BCUT2D eigenvalue weighted by Crippen LogP contribution is -2.12. The van der Waals surface area contributed by atoms with E-state index >= 15 is 0 Å². The number of hydrogen-bond donors (Lipinski definition) is 2. The molecule has 2 N–H and O–H groups in total. The molecule has 0 amide bonds. The van der Waals surface area contributed by atoms with Crippen LogP contribution < -0.4 is 5.32 Å². The molecule has 4 nitrogen and oxygen atoms in total. The molecule has 0 aliphatic rings. The van der Waals surface area contributed by atoms with Gasteiger partial charge in [-0.25, -0.2) is 0 Å². The molecule has 108 valence electrons. The summed E-state index contributed by atoms with van der Waals surface area (Å²) in [5, 5.41) is 21.3. The Bertz CT molecular complexity index is 497. The molecule has 0 saturated heterocycles. The quantitative estimate of drug-likeness (QED) is 0.566. The zero-order valence-electron chi connectivity index (χ0n) is 11.8. The van der Waals surface area contributed by atoms with Crippen LogP contribution in [-0.2, 0) is 4.79 Å². The largest absolute Gasteiger partial charge is 0.481 e. The zero-order chi connectivity index (χ0) is 15.0. The lowest BCUT2D eigenvalue weighted by Gasteiger charge is -2.11. The third kappa shape index (κ3) is 4.78. The number of rotatable bonds is 8. The Morgan fingerprint density at radius 3 is 2.90 bits per heavy atom. The molecule has 1 unspecified atom stereocenters. The second-order valence-corrected chi connectivity index (χ2v) is 5.84. The highest BCUT2D eigenvalue weighted by Crippen LogP contribution is 2.27. The van der Waals surface area contributed by atoms with Gasteiger partial charge in [0.25, 0.3) is 0 Å². The monoisotopic (exact) mass is 292 g/mol. The Balaban J connectivity index is 2.58. The van der Waals surface area contributed by atoms with E-state index < -0.39 is 5.97 Å². The first-order valence-corrected chi connectivity index (χ1v) is 7.71. The van der Waals surface area contributed by atoms with Crippen molar-refractivity contribution in [2.45, 2.75) is 31.6 Å². The summed E-state index contributed by atoms with van der Waals surface area (Å²) >= 11 is 1.65. The third-order valence-corrected chi connectivity index (χ3v) is 3.93. The molecule has 0 heterocycles. The molecular formula is C15H20N2O2S. The van der Waals surface area contributed by atoms with Gasteiger partial charge in [-0.15, -0.1) is 11.8 Å². The molecule has 0 bridgehead atoms. The smallest absolute Gasteiger partial charge is 0.306 e. The number of nitrogens with zero attached hydrogens (tertiary/aromatic N) is 1. The molecule has 0 saturated carbocycles. The van der Waals surface area contributed by atoms with Crippen molar-refractivity contribution in [1.29, 1.82) is 5.26 Å². The molecular weight excluding hydrogens is 272 g/mol. The number of anilines is 1. The van der Waals surface area contributed by atoms with Crippen LogP contribution >= 0.6 is 11.8 Å². The highest BCUT2D eigenvalue weighted by atomic mass is 32.2. The van der Waals surface area contributed by atoms with Gasteiger partial charge in [0.15, 0.2) is 0 Å². The SMILES string of the molecule is CCSc1cccc(NCCCC(C)C(=O)O)c1C#N. The zero-order valence-corrected chi connectivity index (χ0v) is 12.7. The standard InChI is InChI=1S/C15H20N2O2S/c1-3-20-14-8-4-7-13(12(14)10-16)17-9-5-6-11(2)15(18)19/h4,7-8,11,17H,3,5-6,9H2,1-2H3,(H,18,19). The highest BCUT2D eigenvalue weighted by Gasteiger charge is 2.11. The van der Waals surface area contributed by atoms with Gasteiger partial charge in [0, 0.05) is 11.4 Å². The number of thioether (sulfide) groups is 1. The summed E-state index contributed by atoms with van der Waals surface area (Å²) in [5.74, 6) is -0.160. The van der Waals surface area contributed by atoms with E-state index in [0.717, 1.165) is 22.8 Å². The Labute approximate surface area is 124 Å². The van der Waals surface area contributed by atoms with Crippen LogP contribution in [0.4, 0.5) is 5.69 Å². The molecule has 20 heavy (non-hydrogen) atoms. The van der Waals surface area contributed by atoms with E-state index in [9.17, 15) is 10.1 Å². The summed E-state index contributed by atoms with van der Waals surface area (Å²) in [5.41, 5.74) is 1.50. The summed E-state index contributed by atoms with van der Waals surface area (Å²) in [6.07, 6.45) is 1.40. The normalized spacial score (nSPS) is 11.7. The van der Waals surface area contributed by atoms with Crippen LogP contribution in [0, 0.1) is 17.2 Å². The molecule has 0 aromatic heterocycles. The van der Waals surface area contributed by atoms with Crippen LogP contribution in [0.1, 0.15) is 32.3 Å². The Morgan fingerprint density at radius 1 is 1.55 bits per heavy atom. The number of carboxylic acids is 1. The van der Waals surface area contributed by atoms with Crippen LogP contribution in [0.15, 0.2) is 23.1 Å². The maximum atomic E-state index is 10.7. The molecule has 0 fully saturated rings. The predicted octanol–water partition coefficient (Wildman–Crippen LogP) is 3.58. The van der Waals surface area contributed by atoms with Crippen molar-refractivity contribution in [1.82, 2.24) is 0 Å². The van der Waals surface area contributed by atoms with E-state index in [1.807, 2.05) is 18.2 Å². The van der Waals surface area contributed by atoms with E-state index in [-0.39, 0.29) is 5.92 Å². The van der Waals surface area contributed by atoms with Gasteiger partial charge in [-0.05, 0) is 30.7 Å². The van der Waals surface area contributed by atoms with E-state index in [2.05, 4.69) is 18.3 Å². The number of nitrogens with one attached hydrogen (secondary N) is 1. The van der Waals surface area contributed by atoms with Crippen LogP contribution in [0.5, 0.6) is 0 Å². The minimum absolute atomic E-state index is 0.325. The van der Waals surface area contributed by atoms with Gasteiger partial charge in [0.05, 0.1) is 17.2 Å². The van der Waals surface area contributed by atoms with Gasteiger partial charge < -0.3 is 10.4 Å².